The molecule has 0 fully saturated rings. The molecule has 0 saturated carbocycles. The molecule has 0 aliphatic heterocycles. The Kier molecular flexibility index (Phi) is 7.96. The number of methoxy groups -OCH3 is 2. The first-order valence-electron chi connectivity index (χ1n) is 9.16. The minimum absolute atomic E-state index is 0.115. The number of nitrogens with one attached hydrogen (secondary N) is 2. The molecule has 0 heterocycles. The molecule has 6 nitrogen and oxygen atoms in total. The second kappa shape index (κ2) is 10.2. The van der Waals surface area contributed by atoms with E-state index in [1.54, 1.807) is 32.4 Å². The van der Waals surface area contributed by atoms with Crippen molar-refractivity contribution in [2.75, 3.05) is 33.2 Å². The molecule has 1 amide bonds. The normalized spacial score (nSPS) is 12.8. The molecule has 2 rings (SSSR count). The third-order valence-corrected chi connectivity index (χ3v) is 4.80. The highest BCUT2D eigenvalue weighted by atomic mass is 35.5. The number of amides is 1. The van der Waals surface area contributed by atoms with E-state index in [0.717, 1.165) is 10.5 Å². The number of ether oxygens (including phenoxy) is 3. The van der Waals surface area contributed by atoms with E-state index in [1.807, 2.05) is 39.1 Å². The summed E-state index contributed by atoms with van der Waals surface area (Å²) in [4.78, 5) is 13.7. The molecule has 152 valence electrons. The van der Waals surface area contributed by atoms with Crippen LogP contribution in [0, 0.1) is 0 Å². The van der Waals surface area contributed by atoms with Gasteiger partial charge in [-0.1, -0.05) is 11.6 Å². The number of hydrogen-bond acceptors (Lipinski definition) is 4. The molecule has 2 aromatic rings. The molecule has 1 unspecified atom stereocenters. The third-order valence-electron chi connectivity index (χ3n) is 4.56. The van der Waals surface area contributed by atoms with Gasteiger partial charge in [0.1, 0.15) is 12.3 Å². The topological polar surface area (TPSA) is 61.2 Å². The van der Waals surface area contributed by atoms with E-state index in [9.17, 15) is 4.79 Å². The molecule has 7 heteroatoms. The maximum atomic E-state index is 12.7. The van der Waals surface area contributed by atoms with Crippen LogP contribution in [0.3, 0.4) is 0 Å². The van der Waals surface area contributed by atoms with Crippen LogP contribution >= 0.6 is 11.6 Å². The number of carbonyl (C=O) groups is 1. The third kappa shape index (κ3) is 5.53. The molecular formula is C21H28ClN2O4+. The maximum Gasteiger partial charge on any atom is 0.282 e. The van der Waals surface area contributed by atoms with Crippen LogP contribution < -0.4 is 24.4 Å². The van der Waals surface area contributed by atoms with Gasteiger partial charge in [-0.05, 0) is 50.2 Å². The number of hydrogen-bond donors (Lipinski definition) is 2. The second-order valence-corrected chi connectivity index (χ2v) is 6.93. The van der Waals surface area contributed by atoms with Crippen molar-refractivity contribution in [3.63, 3.8) is 0 Å². The molecule has 0 aliphatic rings. The minimum atomic E-state index is -0.291. The predicted octanol–water partition coefficient (Wildman–Crippen LogP) is 2.80. The molecule has 0 saturated heterocycles. The Morgan fingerprint density at radius 3 is 2.43 bits per heavy atom. The van der Waals surface area contributed by atoms with Gasteiger partial charge in [0, 0.05) is 10.6 Å². The Bertz CT molecular complexity index is 813. The smallest absolute Gasteiger partial charge is 0.282 e. The highest BCUT2D eigenvalue weighted by Crippen LogP contribution is 2.28. The first kappa shape index (κ1) is 21.9. The van der Waals surface area contributed by atoms with Crippen molar-refractivity contribution in [1.82, 2.24) is 0 Å². The second-order valence-electron chi connectivity index (χ2n) is 6.50. The van der Waals surface area contributed by atoms with E-state index in [4.69, 9.17) is 25.8 Å². The number of anilines is 1. The van der Waals surface area contributed by atoms with Crippen LogP contribution in [0.1, 0.15) is 19.4 Å². The summed E-state index contributed by atoms with van der Waals surface area (Å²) in [6, 6.07) is 10.7. The summed E-state index contributed by atoms with van der Waals surface area (Å²) in [5, 5.41) is 3.44. The SMILES string of the molecule is CCOc1ccc(C[NH+](C)[C@@H](C)C(=O)Nc2cc(Cl)ccc2OC)cc1OC. The van der Waals surface area contributed by atoms with Gasteiger partial charge in [0.2, 0.25) is 0 Å². The maximum absolute atomic E-state index is 12.7. The Balaban J connectivity index is 2.07. The standard InChI is InChI=1S/C21H27ClN2O4/c1-6-28-19-9-7-15(11-20(19)27-5)13-24(3)14(2)21(25)23-17-12-16(22)8-10-18(17)26-4/h7-12,14H,6,13H2,1-5H3,(H,23,25)/p+1/t14-/m0/s1. The minimum Gasteiger partial charge on any atom is -0.495 e. The van der Waals surface area contributed by atoms with Crippen LogP contribution in [0.25, 0.3) is 0 Å². The lowest BCUT2D eigenvalue weighted by Crippen LogP contribution is -3.12. The van der Waals surface area contributed by atoms with E-state index >= 15 is 0 Å². The van der Waals surface area contributed by atoms with E-state index in [2.05, 4.69) is 5.32 Å². The molecule has 0 radical (unpaired) electrons. The van der Waals surface area contributed by atoms with Gasteiger partial charge in [0.15, 0.2) is 17.5 Å². The molecular weight excluding hydrogens is 380 g/mol. The van der Waals surface area contributed by atoms with Crippen LogP contribution in [0.5, 0.6) is 17.2 Å². The summed E-state index contributed by atoms with van der Waals surface area (Å²) in [5.74, 6) is 1.85. The molecule has 2 aromatic carbocycles. The summed E-state index contributed by atoms with van der Waals surface area (Å²) in [6.45, 7) is 5.04. The monoisotopic (exact) mass is 407 g/mol. The Morgan fingerprint density at radius 2 is 1.79 bits per heavy atom. The summed E-state index contributed by atoms with van der Waals surface area (Å²) in [5.41, 5.74) is 1.61. The number of likely N-dealkylation sites (N-methyl/N-ethyl adjacent to an activating group) is 1. The van der Waals surface area contributed by atoms with Gasteiger partial charge in [-0.3, -0.25) is 4.79 Å². The average Bonchev–Trinajstić information content (AvgIpc) is 2.68. The molecule has 0 aliphatic carbocycles. The van der Waals surface area contributed by atoms with Crippen LogP contribution in [-0.2, 0) is 11.3 Å². The highest BCUT2D eigenvalue weighted by molar-refractivity contribution is 6.31. The molecule has 0 aromatic heterocycles. The van der Waals surface area contributed by atoms with Gasteiger partial charge >= 0.3 is 0 Å². The zero-order valence-electron chi connectivity index (χ0n) is 17.0. The van der Waals surface area contributed by atoms with Gasteiger partial charge in [-0.2, -0.15) is 0 Å². The molecule has 2 N–H and O–H groups in total. The van der Waals surface area contributed by atoms with Crippen molar-refractivity contribution < 1.29 is 23.9 Å². The lowest BCUT2D eigenvalue weighted by Gasteiger charge is -2.22. The highest BCUT2D eigenvalue weighted by Gasteiger charge is 2.23. The lowest BCUT2D eigenvalue weighted by molar-refractivity contribution is -0.907. The fourth-order valence-corrected chi connectivity index (χ4v) is 2.99. The fraction of sp³-hybridized carbons (Fsp3) is 0.381. The Hall–Kier alpha value is -2.44. The average molecular weight is 408 g/mol. The number of halogens is 1. The van der Waals surface area contributed by atoms with Crippen molar-refractivity contribution >= 4 is 23.2 Å². The summed E-state index contributed by atoms with van der Waals surface area (Å²) in [7, 11) is 5.15. The van der Waals surface area contributed by atoms with E-state index in [1.165, 1.54) is 0 Å². The van der Waals surface area contributed by atoms with Crippen molar-refractivity contribution in [3.8, 4) is 17.2 Å². The lowest BCUT2D eigenvalue weighted by atomic mass is 10.1. The number of rotatable bonds is 9. The molecule has 0 bridgehead atoms. The van der Waals surface area contributed by atoms with E-state index in [0.29, 0.717) is 41.1 Å². The number of benzene rings is 2. The van der Waals surface area contributed by atoms with Gasteiger partial charge in [-0.15, -0.1) is 0 Å². The number of carbonyl (C=O) groups excluding carboxylic acids is 1. The van der Waals surface area contributed by atoms with E-state index in [-0.39, 0.29) is 11.9 Å². The van der Waals surface area contributed by atoms with Crippen molar-refractivity contribution in [2.24, 2.45) is 0 Å². The zero-order valence-corrected chi connectivity index (χ0v) is 17.7. The fourth-order valence-electron chi connectivity index (χ4n) is 2.81. The van der Waals surface area contributed by atoms with Crippen molar-refractivity contribution in [1.29, 1.82) is 0 Å². The molecule has 2 atom stereocenters. The number of quaternary nitrogens is 1. The van der Waals surface area contributed by atoms with Crippen LogP contribution in [0.2, 0.25) is 5.02 Å². The largest absolute Gasteiger partial charge is 0.495 e. The summed E-state index contributed by atoms with van der Waals surface area (Å²) in [6.07, 6.45) is 0. The Labute approximate surface area is 171 Å². The zero-order chi connectivity index (χ0) is 20.7. The van der Waals surface area contributed by atoms with Crippen molar-refractivity contribution in [2.45, 2.75) is 26.4 Å². The first-order valence-corrected chi connectivity index (χ1v) is 9.53. The van der Waals surface area contributed by atoms with Gasteiger partial charge in [0.05, 0.1) is 33.6 Å². The van der Waals surface area contributed by atoms with Crippen LogP contribution in [0.15, 0.2) is 36.4 Å². The van der Waals surface area contributed by atoms with Gasteiger partial charge < -0.3 is 24.4 Å². The van der Waals surface area contributed by atoms with Gasteiger partial charge in [0.25, 0.3) is 5.91 Å². The van der Waals surface area contributed by atoms with E-state index < -0.39 is 0 Å². The van der Waals surface area contributed by atoms with Gasteiger partial charge in [-0.25, -0.2) is 0 Å². The molecule has 28 heavy (non-hydrogen) atoms. The summed E-state index contributed by atoms with van der Waals surface area (Å²) >= 11 is 6.04. The quantitative estimate of drug-likeness (QED) is 0.671. The first-order chi connectivity index (χ1) is 13.4. The van der Waals surface area contributed by atoms with Crippen molar-refractivity contribution in [3.05, 3.63) is 47.0 Å². The molecule has 0 spiro atoms. The predicted molar refractivity (Wildman–Crippen MR) is 111 cm³/mol. The summed E-state index contributed by atoms with van der Waals surface area (Å²) < 4.78 is 16.2. The van der Waals surface area contributed by atoms with Crippen LogP contribution in [0.4, 0.5) is 5.69 Å². The van der Waals surface area contributed by atoms with Crippen LogP contribution in [-0.4, -0.2) is 39.8 Å². The Morgan fingerprint density at radius 1 is 1.11 bits per heavy atom.